The molecule has 0 bridgehead atoms. The minimum Gasteiger partial charge on any atom is -0.372 e. The zero-order valence-electron chi connectivity index (χ0n) is 9.52. The molecule has 2 aliphatic rings. The molecule has 0 aromatic carbocycles. The van der Waals surface area contributed by atoms with Gasteiger partial charge in [-0.2, -0.15) is 0 Å². The van der Waals surface area contributed by atoms with Gasteiger partial charge in [0, 0.05) is 19.0 Å². The molecule has 0 aromatic rings. The van der Waals surface area contributed by atoms with Gasteiger partial charge in [-0.05, 0) is 12.8 Å². The Hall–Kier alpha value is -0.360. The predicted molar refractivity (Wildman–Crippen MR) is 54.5 cm³/mol. The van der Waals surface area contributed by atoms with E-state index in [1.807, 2.05) is 0 Å². The van der Waals surface area contributed by atoms with E-state index in [4.69, 9.17) is 4.74 Å². The predicted octanol–water partition coefficient (Wildman–Crippen LogP) is 2.58. The topological polar surface area (TPSA) is 21.3 Å². The zero-order valence-corrected chi connectivity index (χ0v) is 9.52. The maximum absolute atomic E-state index is 13.1. The third kappa shape index (κ3) is 2.57. The molecular formula is C11H17F4NO. The molecule has 0 amide bonds. The van der Waals surface area contributed by atoms with Gasteiger partial charge in [0.05, 0.1) is 12.2 Å². The summed E-state index contributed by atoms with van der Waals surface area (Å²) < 4.78 is 56.3. The SMILES string of the molecule is FC(F)C(F)(F)CC1NCCOC12CCCC2. The number of hydrogen-bond acceptors (Lipinski definition) is 2. The van der Waals surface area contributed by atoms with Gasteiger partial charge in [-0.1, -0.05) is 12.8 Å². The third-order valence-corrected chi connectivity index (χ3v) is 3.76. The summed E-state index contributed by atoms with van der Waals surface area (Å²) in [6, 6.07) is -0.664. The van der Waals surface area contributed by atoms with E-state index in [2.05, 4.69) is 5.32 Å². The zero-order chi connectivity index (χ0) is 12.5. The van der Waals surface area contributed by atoms with Gasteiger partial charge in [0.1, 0.15) is 0 Å². The Morgan fingerprint density at radius 3 is 2.53 bits per heavy atom. The van der Waals surface area contributed by atoms with E-state index in [1.54, 1.807) is 0 Å². The van der Waals surface area contributed by atoms with E-state index in [-0.39, 0.29) is 0 Å². The van der Waals surface area contributed by atoms with Crippen molar-refractivity contribution in [2.45, 2.75) is 56.1 Å². The van der Waals surface area contributed by atoms with E-state index in [9.17, 15) is 17.6 Å². The van der Waals surface area contributed by atoms with Gasteiger partial charge in [-0.3, -0.25) is 0 Å². The van der Waals surface area contributed by atoms with Crippen LogP contribution in [0.15, 0.2) is 0 Å². The van der Waals surface area contributed by atoms with Crippen molar-refractivity contribution in [1.82, 2.24) is 5.32 Å². The van der Waals surface area contributed by atoms with Crippen LogP contribution in [0.3, 0.4) is 0 Å². The Bertz CT molecular complexity index is 266. The van der Waals surface area contributed by atoms with Crippen LogP contribution < -0.4 is 5.32 Å². The first kappa shape index (κ1) is 13.1. The van der Waals surface area contributed by atoms with Gasteiger partial charge in [-0.25, -0.2) is 17.6 Å². The highest BCUT2D eigenvalue weighted by Gasteiger charge is 2.51. The van der Waals surface area contributed by atoms with Crippen molar-refractivity contribution in [2.24, 2.45) is 0 Å². The van der Waals surface area contributed by atoms with Crippen LogP contribution in [0, 0.1) is 0 Å². The molecular weight excluding hydrogens is 238 g/mol. The highest BCUT2D eigenvalue weighted by Crippen LogP contribution is 2.41. The summed E-state index contributed by atoms with van der Waals surface area (Å²) in [5.74, 6) is -3.94. The molecule has 1 saturated heterocycles. The first-order chi connectivity index (χ1) is 7.96. The molecule has 1 N–H and O–H groups in total. The molecule has 0 aromatic heterocycles. The molecule has 1 heterocycles. The molecule has 1 aliphatic heterocycles. The molecule has 0 radical (unpaired) electrons. The van der Waals surface area contributed by atoms with E-state index in [0.29, 0.717) is 26.0 Å². The van der Waals surface area contributed by atoms with Gasteiger partial charge in [-0.15, -0.1) is 0 Å². The number of hydrogen-bond donors (Lipinski definition) is 1. The summed E-state index contributed by atoms with van der Waals surface area (Å²) in [6.45, 7) is 0.919. The van der Waals surface area contributed by atoms with Crippen LogP contribution in [0.4, 0.5) is 17.6 Å². The molecule has 1 atom stereocenters. The van der Waals surface area contributed by atoms with Gasteiger partial charge >= 0.3 is 12.3 Å². The van der Waals surface area contributed by atoms with Crippen molar-refractivity contribution in [3.05, 3.63) is 0 Å². The smallest absolute Gasteiger partial charge is 0.309 e. The first-order valence-electron chi connectivity index (χ1n) is 6.00. The lowest BCUT2D eigenvalue weighted by molar-refractivity contribution is -0.165. The second-order valence-corrected chi connectivity index (χ2v) is 4.89. The molecule has 17 heavy (non-hydrogen) atoms. The van der Waals surface area contributed by atoms with Crippen LogP contribution in [0.5, 0.6) is 0 Å². The summed E-state index contributed by atoms with van der Waals surface area (Å²) in [7, 11) is 0. The lowest BCUT2D eigenvalue weighted by Gasteiger charge is -2.43. The Balaban J connectivity index is 2.07. The van der Waals surface area contributed by atoms with Crippen LogP contribution in [-0.4, -0.2) is 37.1 Å². The van der Waals surface area contributed by atoms with Crippen molar-refractivity contribution < 1.29 is 22.3 Å². The van der Waals surface area contributed by atoms with Crippen LogP contribution in [-0.2, 0) is 4.74 Å². The standard InChI is InChI=1S/C11H17F4NO/c12-9(13)11(14,15)7-8-10(3-1-2-4-10)17-6-5-16-8/h8-9,16H,1-7H2. The number of rotatable bonds is 3. The molecule has 2 nitrogen and oxygen atoms in total. The van der Waals surface area contributed by atoms with Crippen molar-refractivity contribution in [1.29, 1.82) is 0 Å². The molecule has 1 saturated carbocycles. The lowest BCUT2D eigenvalue weighted by Crippen LogP contribution is -2.58. The average molecular weight is 255 g/mol. The minimum absolute atomic E-state index is 0.450. The molecule has 2 fully saturated rings. The Labute approximate surface area is 97.7 Å². The first-order valence-corrected chi connectivity index (χ1v) is 6.00. The number of ether oxygens (including phenoxy) is 1. The van der Waals surface area contributed by atoms with Crippen LogP contribution in [0.2, 0.25) is 0 Å². The monoisotopic (exact) mass is 255 g/mol. The number of morpholine rings is 1. The Morgan fingerprint density at radius 1 is 1.29 bits per heavy atom. The highest BCUT2D eigenvalue weighted by molar-refractivity contribution is 5.01. The summed E-state index contributed by atoms with van der Waals surface area (Å²) in [5, 5.41) is 2.92. The van der Waals surface area contributed by atoms with E-state index in [1.165, 1.54) is 0 Å². The van der Waals surface area contributed by atoms with Crippen LogP contribution >= 0.6 is 0 Å². The summed E-state index contributed by atoms with van der Waals surface area (Å²) >= 11 is 0. The number of alkyl halides is 4. The average Bonchev–Trinajstić information content (AvgIpc) is 2.71. The molecule has 6 heteroatoms. The van der Waals surface area contributed by atoms with Crippen LogP contribution in [0.1, 0.15) is 32.1 Å². The fourth-order valence-electron chi connectivity index (χ4n) is 2.86. The molecule has 100 valence electrons. The third-order valence-electron chi connectivity index (χ3n) is 3.76. The fraction of sp³-hybridized carbons (Fsp3) is 1.00. The normalized spacial score (nSPS) is 29.1. The van der Waals surface area contributed by atoms with Gasteiger partial charge in [0.2, 0.25) is 0 Å². The number of halogens is 4. The Morgan fingerprint density at radius 2 is 1.94 bits per heavy atom. The highest BCUT2D eigenvalue weighted by atomic mass is 19.3. The molecule has 1 unspecified atom stereocenters. The van der Waals surface area contributed by atoms with Crippen molar-refractivity contribution >= 4 is 0 Å². The van der Waals surface area contributed by atoms with Crippen molar-refractivity contribution in [2.75, 3.05) is 13.2 Å². The number of nitrogens with one attached hydrogen (secondary N) is 1. The summed E-state index contributed by atoms with van der Waals surface area (Å²) in [6.07, 6.45) is -1.25. The largest absolute Gasteiger partial charge is 0.372 e. The van der Waals surface area contributed by atoms with E-state index >= 15 is 0 Å². The second kappa shape index (κ2) is 4.72. The van der Waals surface area contributed by atoms with Gasteiger partial charge in [0.25, 0.3) is 0 Å². The van der Waals surface area contributed by atoms with Crippen LogP contribution in [0.25, 0.3) is 0 Å². The molecule has 2 rings (SSSR count). The maximum Gasteiger partial charge on any atom is 0.309 e. The van der Waals surface area contributed by atoms with Gasteiger partial charge in [0.15, 0.2) is 0 Å². The second-order valence-electron chi connectivity index (χ2n) is 4.89. The van der Waals surface area contributed by atoms with Crippen molar-refractivity contribution in [3.8, 4) is 0 Å². The maximum atomic E-state index is 13.1. The quantitative estimate of drug-likeness (QED) is 0.783. The van der Waals surface area contributed by atoms with Gasteiger partial charge < -0.3 is 10.1 Å². The minimum atomic E-state index is -3.94. The van der Waals surface area contributed by atoms with E-state index < -0.39 is 30.4 Å². The fourth-order valence-corrected chi connectivity index (χ4v) is 2.86. The van der Waals surface area contributed by atoms with E-state index in [0.717, 1.165) is 12.8 Å². The molecule has 1 spiro atoms. The summed E-state index contributed by atoms with van der Waals surface area (Å²) in [5.41, 5.74) is -0.642. The van der Waals surface area contributed by atoms with Crippen molar-refractivity contribution in [3.63, 3.8) is 0 Å². The summed E-state index contributed by atoms with van der Waals surface area (Å²) in [4.78, 5) is 0. The molecule has 1 aliphatic carbocycles. The Kier molecular flexibility index (Phi) is 3.63. The lowest BCUT2D eigenvalue weighted by atomic mass is 9.86.